The Hall–Kier alpha value is -2.07. The Kier molecular flexibility index (Phi) is 6.43. The fourth-order valence-corrected chi connectivity index (χ4v) is 3.78. The zero-order valence-corrected chi connectivity index (χ0v) is 17.0. The molecule has 2 aromatic rings. The van der Waals surface area contributed by atoms with Crippen LogP contribution in [0, 0.1) is 13.8 Å². The average molecular weight is 354 g/mol. The number of fused-ring (bicyclic) bond motifs is 1. The van der Waals surface area contributed by atoms with Crippen LogP contribution in [0.25, 0.3) is 16.5 Å². The van der Waals surface area contributed by atoms with Gasteiger partial charge in [0, 0.05) is 27.3 Å². The molecule has 0 fully saturated rings. The van der Waals surface area contributed by atoms with Gasteiger partial charge in [-0.2, -0.15) is 5.10 Å². The highest BCUT2D eigenvalue weighted by molar-refractivity contribution is 7.98. The standard InChI is InChI=1S/C21H27N3S/c1-8-13(3)23-14(4)10-11-17(9-2)19-18-12-22-24-20(18)15(5)16(6)21(19)25-7/h8-12H,1-7H3,(H,22,24)/b11-10-,13-8-,17-9+,23-14-. The van der Waals surface area contributed by atoms with Gasteiger partial charge in [0.05, 0.1) is 11.7 Å². The molecule has 0 aliphatic carbocycles. The number of aryl methyl sites for hydroxylation is 1. The van der Waals surface area contributed by atoms with E-state index in [4.69, 9.17) is 0 Å². The van der Waals surface area contributed by atoms with Crippen LogP contribution in [0.15, 0.2) is 46.1 Å². The number of aromatic nitrogens is 2. The maximum absolute atomic E-state index is 4.56. The molecule has 0 saturated carbocycles. The summed E-state index contributed by atoms with van der Waals surface area (Å²) in [5, 5.41) is 8.61. The SMILES string of the molecule is C\C=C(C)/N=C(C)\C=C/C(=C\C)c1c(SC)c(C)c(C)c2[nH]ncc12. The van der Waals surface area contributed by atoms with Gasteiger partial charge in [0.1, 0.15) is 0 Å². The van der Waals surface area contributed by atoms with Crippen LogP contribution in [-0.4, -0.2) is 22.2 Å². The molecule has 4 heteroatoms. The molecule has 2 rings (SSSR count). The molecule has 3 nitrogen and oxygen atoms in total. The quantitative estimate of drug-likeness (QED) is 0.392. The zero-order chi connectivity index (χ0) is 18.6. The summed E-state index contributed by atoms with van der Waals surface area (Å²) in [5.41, 5.74) is 8.14. The van der Waals surface area contributed by atoms with Gasteiger partial charge in [-0.1, -0.05) is 18.2 Å². The van der Waals surface area contributed by atoms with Crippen molar-refractivity contribution in [1.29, 1.82) is 0 Å². The summed E-state index contributed by atoms with van der Waals surface area (Å²) in [5.74, 6) is 0. The molecule has 1 N–H and O–H groups in total. The molecule has 0 radical (unpaired) electrons. The number of thioether (sulfide) groups is 1. The minimum Gasteiger partial charge on any atom is -0.278 e. The lowest BCUT2D eigenvalue weighted by Crippen LogP contribution is -1.96. The van der Waals surface area contributed by atoms with E-state index in [1.807, 2.05) is 33.0 Å². The summed E-state index contributed by atoms with van der Waals surface area (Å²) < 4.78 is 0. The summed E-state index contributed by atoms with van der Waals surface area (Å²) in [7, 11) is 0. The van der Waals surface area contributed by atoms with Gasteiger partial charge in [0.25, 0.3) is 0 Å². The van der Waals surface area contributed by atoms with E-state index >= 15 is 0 Å². The first-order valence-corrected chi connectivity index (χ1v) is 9.70. The van der Waals surface area contributed by atoms with E-state index in [1.54, 1.807) is 11.8 Å². The molecule has 0 bridgehead atoms. The van der Waals surface area contributed by atoms with E-state index in [-0.39, 0.29) is 0 Å². The lowest BCUT2D eigenvalue weighted by atomic mass is 9.95. The molecular formula is C21H27N3S. The second-order valence-corrected chi connectivity index (χ2v) is 6.89. The molecule has 0 unspecified atom stereocenters. The average Bonchev–Trinajstić information content (AvgIpc) is 3.08. The van der Waals surface area contributed by atoms with E-state index in [0.29, 0.717) is 0 Å². The number of rotatable bonds is 5. The van der Waals surface area contributed by atoms with Crippen LogP contribution in [0.3, 0.4) is 0 Å². The van der Waals surface area contributed by atoms with E-state index in [0.717, 1.165) is 16.9 Å². The van der Waals surface area contributed by atoms with E-state index in [1.165, 1.54) is 32.5 Å². The maximum atomic E-state index is 4.56. The van der Waals surface area contributed by atoms with Crippen LogP contribution < -0.4 is 0 Å². The second kappa shape index (κ2) is 8.34. The van der Waals surface area contributed by atoms with E-state index < -0.39 is 0 Å². The number of nitrogens with one attached hydrogen (secondary N) is 1. The van der Waals surface area contributed by atoms with Gasteiger partial charge in [0.15, 0.2) is 0 Å². The Bertz CT molecular complexity index is 895. The van der Waals surface area contributed by atoms with Gasteiger partial charge in [-0.3, -0.25) is 10.1 Å². The molecule has 0 amide bonds. The summed E-state index contributed by atoms with van der Waals surface area (Å²) in [6.07, 6.45) is 12.5. The Labute approximate surface area is 155 Å². The van der Waals surface area contributed by atoms with Crippen molar-refractivity contribution in [2.75, 3.05) is 6.26 Å². The van der Waals surface area contributed by atoms with Crippen LogP contribution in [-0.2, 0) is 0 Å². The molecule has 0 saturated heterocycles. The summed E-state index contributed by atoms with van der Waals surface area (Å²) in [6.45, 7) is 12.5. The van der Waals surface area contributed by atoms with Crippen LogP contribution >= 0.6 is 11.8 Å². The molecule has 1 aromatic carbocycles. The van der Waals surface area contributed by atoms with Crippen LogP contribution in [0.2, 0.25) is 0 Å². The molecule has 0 aliphatic heterocycles. The first-order valence-electron chi connectivity index (χ1n) is 8.47. The van der Waals surface area contributed by atoms with Crippen molar-refractivity contribution in [3.8, 4) is 0 Å². The highest BCUT2D eigenvalue weighted by Gasteiger charge is 2.17. The second-order valence-electron chi connectivity index (χ2n) is 6.08. The Morgan fingerprint density at radius 3 is 2.44 bits per heavy atom. The number of H-pyrrole nitrogens is 1. The van der Waals surface area contributed by atoms with Gasteiger partial charge in [0.2, 0.25) is 0 Å². The number of nitrogens with zero attached hydrogens (tertiary/aromatic N) is 2. The number of benzene rings is 1. The van der Waals surface area contributed by atoms with Crippen LogP contribution in [0.4, 0.5) is 0 Å². The van der Waals surface area contributed by atoms with Gasteiger partial charge in [-0.05, 0) is 70.6 Å². The number of hydrogen-bond donors (Lipinski definition) is 1. The molecular weight excluding hydrogens is 326 g/mol. The van der Waals surface area contributed by atoms with Crippen molar-refractivity contribution >= 4 is 33.9 Å². The minimum absolute atomic E-state index is 0.993. The lowest BCUT2D eigenvalue weighted by Gasteiger charge is -2.16. The zero-order valence-electron chi connectivity index (χ0n) is 16.2. The third kappa shape index (κ3) is 3.96. The third-order valence-corrected chi connectivity index (χ3v) is 5.41. The van der Waals surface area contributed by atoms with Crippen LogP contribution in [0.5, 0.6) is 0 Å². The summed E-state index contributed by atoms with van der Waals surface area (Å²) in [4.78, 5) is 5.87. The molecule has 25 heavy (non-hydrogen) atoms. The van der Waals surface area contributed by atoms with E-state index in [9.17, 15) is 0 Å². The van der Waals surface area contributed by atoms with E-state index in [2.05, 4.69) is 60.4 Å². The van der Waals surface area contributed by atoms with Gasteiger partial charge >= 0.3 is 0 Å². The fourth-order valence-electron chi connectivity index (χ4n) is 2.89. The van der Waals surface area contributed by atoms with Crippen molar-refractivity contribution in [2.45, 2.75) is 46.4 Å². The number of hydrogen-bond acceptors (Lipinski definition) is 3. The first kappa shape index (κ1) is 19.3. The molecule has 1 heterocycles. The largest absolute Gasteiger partial charge is 0.278 e. The summed E-state index contributed by atoms with van der Waals surface area (Å²) >= 11 is 1.79. The molecule has 0 spiro atoms. The number of aliphatic imine (C=N–C) groups is 1. The van der Waals surface area contributed by atoms with Gasteiger partial charge in [-0.15, -0.1) is 11.8 Å². The predicted octanol–water partition coefficient (Wildman–Crippen LogP) is 6.25. The smallest absolute Gasteiger partial charge is 0.0689 e. The number of allylic oxidation sites excluding steroid dienone is 6. The Morgan fingerprint density at radius 1 is 1.12 bits per heavy atom. The van der Waals surface area contributed by atoms with Crippen molar-refractivity contribution in [1.82, 2.24) is 10.2 Å². The first-order chi connectivity index (χ1) is 11.9. The molecule has 0 aliphatic rings. The third-order valence-electron chi connectivity index (χ3n) is 4.49. The number of aromatic amines is 1. The van der Waals surface area contributed by atoms with Gasteiger partial charge < -0.3 is 0 Å². The Morgan fingerprint density at radius 2 is 1.84 bits per heavy atom. The molecule has 1 aromatic heterocycles. The maximum Gasteiger partial charge on any atom is 0.0689 e. The van der Waals surface area contributed by atoms with Crippen molar-refractivity contribution in [3.05, 3.63) is 52.9 Å². The van der Waals surface area contributed by atoms with Crippen molar-refractivity contribution in [3.63, 3.8) is 0 Å². The predicted molar refractivity (Wildman–Crippen MR) is 113 cm³/mol. The van der Waals surface area contributed by atoms with Gasteiger partial charge in [-0.25, -0.2) is 0 Å². The summed E-state index contributed by atoms with van der Waals surface area (Å²) in [6, 6.07) is 0. The highest BCUT2D eigenvalue weighted by atomic mass is 32.2. The Balaban J connectivity index is 2.61. The monoisotopic (exact) mass is 353 g/mol. The molecule has 132 valence electrons. The highest BCUT2D eigenvalue weighted by Crippen LogP contribution is 2.38. The lowest BCUT2D eigenvalue weighted by molar-refractivity contribution is 1.11. The minimum atomic E-state index is 0.993. The van der Waals surface area contributed by atoms with Crippen LogP contribution in [0.1, 0.15) is 44.4 Å². The van der Waals surface area contributed by atoms with Crippen molar-refractivity contribution in [2.24, 2.45) is 4.99 Å². The van der Waals surface area contributed by atoms with Crippen molar-refractivity contribution < 1.29 is 0 Å². The normalized spacial score (nSPS) is 14.1. The topological polar surface area (TPSA) is 41.0 Å². The molecule has 0 atom stereocenters. The fraction of sp³-hybridized carbons (Fsp3) is 0.333.